The lowest BCUT2D eigenvalue weighted by molar-refractivity contribution is -0.193. The van der Waals surface area contributed by atoms with Crippen LogP contribution < -0.4 is 20.9 Å². The van der Waals surface area contributed by atoms with Gasteiger partial charge in [0, 0.05) is 22.7 Å². The van der Waals surface area contributed by atoms with Crippen molar-refractivity contribution in [3.8, 4) is 22.8 Å². The molecule has 0 radical (unpaired) electrons. The molecule has 0 aliphatic carbocycles. The smallest absolute Gasteiger partial charge is 0.490 e. The quantitative estimate of drug-likeness (QED) is 0.0785. The molecule has 0 aliphatic heterocycles. The number of hydrogen-bond acceptors (Lipinski definition) is 8. The fourth-order valence-corrected chi connectivity index (χ4v) is 4.56. The molecule has 278 valence electrons. The average Bonchev–Trinajstić information content (AvgIpc) is 3.53. The summed E-state index contributed by atoms with van der Waals surface area (Å²) >= 11 is 0. The standard InChI is InChI=1S/C30H30FN5O2.2C2HF3O2/c1-4-37-21-14-23(28(31)26(15-21)38-17(2)3)27(30-34-16-25(36-30)18-8-6-5-7-9-18)24-13-19-12-20(32)10-11-22(19)29(33)35-24;2*3-2(4,5)1(6)7/h5-17,27H,4,32H2,1-3H3,(H2,33,35)(H,34,36);2*(H,6,7). The molecule has 0 saturated carbocycles. The van der Waals surface area contributed by atoms with Crippen LogP contribution in [0.2, 0.25) is 0 Å². The second-order valence-electron chi connectivity index (χ2n) is 10.9. The number of alkyl halides is 6. The molecule has 0 bridgehead atoms. The first kappa shape index (κ1) is 40.4. The Morgan fingerprint density at radius 2 is 1.50 bits per heavy atom. The third kappa shape index (κ3) is 10.7. The maximum absolute atomic E-state index is 16.2. The van der Waals surface area contributed by atoms with Gasteiger partial charge in [-0.05, 0) is 62.1 Å². The Labute approximate surface area is 291 Å². The Balaban J connectivity index is 0.000000441. The lowest BCUT2D eigenvalue weighted by Crippen LogP contribution is -2.21. The van der Waals surface area contributed by atoms with Crippen LogP contribution in [0.25, 0.3) is 22.0 Å². The van der Waals surface area contributed by atoms with Gasteiger partial charge in [0.1, 0.15) is 17.4 Å². The number of ether oxygens (including phenoxy) is 2. The number of carboxylic acids is 2. The minimum Gasteiger partial charge on any atom is -0.494 e. The van der Waals surface area contributed by atoms with E-state index in [4.69, 9.17) is 45.7 Å². The van der Waals surface area contributed by atoms with E-state index in [2.05, 4.69) is 9.97 Å². The van der Waals surface area contributed by atoms with Gasteiger partial charge < -0.3 is 36.1 Å². The number of imidazole rings is 1. The molecule has 0 amide bonds. The lowest BCUT2D eigenvalue weighted by atomic mass is 9.92. The number of aromatic amines is 1. The molecule has 3 aromatic carbocycles. The second-order valence-corrected chi connectivity index (χ2v) is 10.9. The van der Waals surface area contributed by atoms with E-state index in [1.165, 1.54) is 0 Å². The molecule has 7 N–H and O–H groups in total. The third-order valence-corrected chi connectivity index (χ3v) is 6.66. The zero-order valence-corrected chi connectivity index (χ0v) is 27.5. The summed E-state index contributed by atoms with van der Waals surface area (Å²) in [7, 11) is 0. The SMILES string of the molecule is CCOc1cc(OC(C)C)c(F)c(C(c2cc3cc(N)ccc3c(N)n2)c2ncc(-c3ccccc3)[nH]2)c1.O=C(O)C(F)(F)F.O=C(O)C(F)(F)F. The van der Waals surface area contributed by atoms with E-state index in [0.29, 0.717) is 40.9 Å². The van der Waals surface area contributed by atoms with E-state index < -0.39 is 36.0 Å². The number of aromatic nitrogens is 3. The number of anilines is 2. The van der Waals surface area contributed by atoms with E-state index in [0.717, 1.165) is 22.0 Å². The highest BCUT2D eigenvalue weighted by Gasteiger charge is 2.39. The fourth-order valence-electron chi connectivity index (χ4n) is 4.56. The number of halogens is 7. The number of carboxylic acid groups (broad SMARTS) is 2. The Bertz CT molecular complexity index is 1980. The maximum atomic E-state index is 16.2. The first-order valence-electron chi connectivity index (χ1n) is 15.0. The normalized spacial score (nSPS) is 11.9. The van der Waals surface area contributed by atoms with Crippen molar-refractivity contribution < 1.29 is 60.0 Å². The van der Waals surface area contributed by atoms with Gasteiger partial charge in [-0.15, -0.1) is 0 Å². The van der Waals surface area contributed by atoms with E-state index in [1.807, 2.05) is 69.3 Å². The molecule has 2 aromatic heterocycles. The van der Waals surface area contributed by atoms with Gasteiger partial charge in [0.05, 0.1) is 36.2 Å². The van der Waals surface area contributed by atoms with E-state index in [1.54, 1.807) is 24.4 Å². The Morgan fingerprint density at radius 1 is 0.904 bits per heavy atom. The van der Waals surface area contributed by atoms with Crippen LogP contribution in [-0.4, -0.2) is 62.2 Å². The topological polar surface area (TPSA) is 187 Å². The number of nitrogens with zero attached hydrogens (tertiary/aromatic N) is 2. The summed E-state index contributed by atoms with van der Waals surface area (Å²) in [6.45, 7) is 5.98. The van der Waals surface area contributed by atoms with Crippen LogP contribution in [0, 0.1) is 5.82 Å². The van der Waals surface area contributed by atoms with Crippen molar-refractivity contribution in [2.24, 2.45) is 0 Å². The van der Waals surface area contributed by atoms with Crippen molar-refractivity contribution in [3.63, 3.8) is 0 Å². The minimum absolute atomic E-state index is 0.0961. The molecule has 1 unspecified atom stereocenters. The monoisotopic (exact) mass is 739 g/mol. The van der Waals surface area contributed by atoms with Crippen molar-refractivity contribution in [2.75, 3.05) is 18.1 Å². The Kier molecular flexibility index (Phi) is 13.0. The molecular weight excluding hydrogens is 707 g/mol. The van der Waals surface area contributed by atoms with Gasteiger partial charge in [0.2, 0.25) is 0 Å². The van der Waals surface area contributed by atoms with Gasteiger partial charge in [0.15, 0.2) is 11.6 Å². The number of H-pyrrole nitrogens is 1. The minimum atomic E-state index is -5.08. The first-order chi connectivity index (χ1) is 24.2. The van der Waals surface area contributed by atoms with Crippen molar-refractivity contribution in [2.45, 2.75) is 45.1 Å². The number of rotatable bonds is 8. The van der Waals surface area contributed by atoms with E-state index in [-0.39, 0.29) is 11.9 Å². The summed E-state index contributed by atoms with van der Waals surface area (Å²) in [4.78, 5) is 30.5. The molecule has 18 heteroatoms. The molecule has 1 atom stereocenters. The van der Waals surface area contributed by atoms with Crippen LogP contribution >= 0.6 is 0 Å². The number of nitrogen functional groups attached to an aromatic ring is 2. The summed E-state index contributed by atoms with van der Waals surface area (Å²) in [5.74, 6) is -5.37. The zero-order valence-electron chi connectivity index (χ0n) is 27.5. The third-order valence-electron chi connectivity index (χ3n) is 6.66. The molecule has 11 nitrogen and oxygen atoms in total. The van der Waals surface area contributed by atoms with Gasteiger partial charge in [-0.1, -0.05) is 30.3 Å². The fraction of sp³-hybridized carbons (Fsp3) is 0.235. The number of nitrogens with one attached hydrogen (secondary N) is 1. The molecule has 0 saturated heterocycles. The highest BCUT2D eigenvalue weighted by molar-refractivity contribution is 5.93. The summed E-state index contributed by atoms with van der Waals surface area (Å²) in [5.41, 5.74) is 15.6. The summed E-state index contributed by atoms with van der Waals surface area (Å²) in [6.07, 6.45) is -8.67. The molecule has 0 fully saturated rings. The highest BCUT2D eigenvalue weighted by atomic mass is 19.4. The predicted molar refractivity (Wildman–Crippen MR) is 176 cm³/mol. The molecule has 5 rings (SSSR count). The summed E-state index contributed by atoms with van der Waals surface area (Å²) in [6, 6.07) is 20.3. The molecule has 0 spiro atoms. The molecule has 52 heavy (non-hydrogen) atoms. The number of benzene rings is 3. The van der Waals surface area contributed by atoms with Crippen molar-refractivity contribution in [3.05, 3.63) is 95.8 Å². The number of pyridine rings is 1. The van der Waals surface area contributed by atoms with Gasteiger partial charge in [-0.2, -0.15) is 26.3 Å². The van der Waals surface area contributed by atoms with Crippen LogP contribution in [-0.2, 0) is 9.59 Å². The van der Waals surface area contributed by atoms with E-state index >= 15 is 4.39 Å². The Morgan fingerprint density at radius 3 is 2.04 bits per heavy atom. The van der Waals surface area contributed by atoms with Crippen LogP contribution in [0.1, 0.15) is 43.8 Å². The van der Waals surface area contributed by atoms with Gasteiger partial charge in [-0.3, -0.25) is 0 Å². The highest BCUT2D eigenvalue weighted by Crippen LogP contribution is 2.40. The molecule has 2 heterocycles. The van der Waals surface area contributed by atoms with Crippen molar-refractivity contribution in [1.29, 1.82) is 0 Å². The number of aliphatic carboxylic acids is 2. The molecule has 0 aliphatic rings. The first-order valence-corrected chi connectivity index (χ1v) is 15.0. The lowest BCUT2D eigenvalue weighted by Gasteiger charge is -2.21. The summed E-state index contributed by atoms with van der Waals surface area (Å²) < 4.78 is 91.3. The average molecular weight is 740 g/mol. The second kappa shape index (κ2) is 16.8. The van der Waals surface area contributed by atoms with Crippen LogP contribution in [0.4, 0.5) is 42.2 Å². The number of nitrogens with two attached hydrogens (primary N) is 2. The van der Waals surface area contributed by atoms with E-state index in [9.17, 15) is 26.3 Å². The van der Waals surface area contributed by atoms with Gasteiger partial charge >= 0.3 is 24.3 Å². The zero-order chi connectivity index (χ0) is 39.0. The number of hydrogen-bond donors (Lipinski definition) is 5. The van der Waals surface area contributed by atoms with Crippen LogP contribution in [0.3, 0.4) is 0 Å². The number of carbonyl (C=O) groups is 2. The predicted octanol–water partition coefficient (Wildman–Crippen LogP) is 7.56. The Hall–Kier alpha value is -6.07. The molecule has 5 aromatic rings. The maximum Gasteiger partial charge on any atom is 0.490 e. The van der Waals surface area contributed by atoms with Crippen LogP contribution in [0.15, 0.2) is 72.9 Å². The van der Waals surface area contributed by atoms with Crippen molar-refractivity contribution >= 4 is 34.2 Å². The molecular formula is C34H32F7N5O6. The number of fused-ring (bicyclic) bond motifs is 1. The van der Waals surface area contributed by atoms with Gasteiger partial charge in [0.25, 0.3) is 0 Å². The largest absolute Gasteiger partial charge is 0.494 e. The van der Waals surface area contributed by atoms with Crippen molar-refractivity contribution in [1.82, 2.24) is 15.0 Å². The van der Waals surface area contributed by atoms with Crippen LogP contribution in [0.5, 0.6) is 11.5 Å². The van der Waals surface area contributed by atoms with Gasteiger partial charge in [-0.25, -0.2) is 23.9 Å². The summed E-state index contributed by atoms with van der Waals surface area (Å²) in [5, 5.41) is 15.8.